The molecule has 2 aromatic heterocycles. The normalized spacial score (nSPS) is 15.6. The largest absolute Gasteiger partial charge is 0.436 e. The summed E-state index contributed by atoms with van der Waals surface area (Å²) in [7, 11) is 1.53. The van der Waals surface area contributed by atoms with Crippen LogP contribution in [0.1, 0.15) is 48.7 Å². The van der Waals surface area contributed by atoms with Gasteiger partial charge in [0.05, 0.1) is 16.9 Å². The minimum Gasteiger partial charge on any atom is -0.308 e. The van der Waals surface area contributed by atoms with E-state index in [1.807, 2.05) is 6.07 Å². The fraction of sp³-hybridized carbons (Fsp3) is 0.467. The van der Waals surface area contributed by atoms with Gasteiger partial charge in [0, 0.05) is 13.0 Å². The minimum absolute atomic E-state index is 0.143. The van der Waals surface area contributed by atoms with Crippen LogP contribution in [-0.4, -0.2) is 25.5 Å². The molecule has 1 N–H and O–H groups in total. The molecule has 0 aliphatic heterocycles. The number of nitriles is 1. The number of amides is 1. The van der Waals surface area contributed by atoms with Crippen LogP contribution >= 0.6 is 11.6 Å². The summed E-state index contributed by atoms with van der Waals surface area (Å²) in [6, 6.07) is 0.828. The van der Waals surface area contributed by atoms with Crippen LogP contribution in [0.5, 0.6) is 0 Å². The first-order valence-electron chi connectivity index (χ1n) is 7.73. The predicted octanol–water partition coefficient (Wildman–Crippen LogP) is 3.24. The molecule has 1 fully saturated rings. The van der Waals surface area contributed by atoms with Crippen molar-refractivity contribution in [3.8, 4) is 6.07 Å². The molecule has 2 heterocycles. The topological polar surface area (TPSA) is 88.5 Å². The number of nitrogens with one attached hydrogen (secondary N) is 1. The van der Waals surface area contributed by atoms with Gasteiger partial charge in [0.15, 0.2) is 5.69 Å². The molecule has 2 aromatic rings. The first kappa shape index (κ1) is 18.3. The number of anilines is 1. The first-order valence-corrected chi connectivity index (χ1v) is 8.11. The molecule has 1 aliphatic carbocycles. The van der Waals surface area contributed by atoms with Crippen molar-refractivity contribution in [2.45, 2.75) is 37.9 Å². The van der Waals surface area contributed by atoms with E-state index in [-0.39, 0.29) is 23.0 Å². The van der Waals surface area contributed by atoms with Crippen molar-refractivity contribution in [1.29, 1.82) is 5.26 Å². The van der Waals surface area contributed by atoms with Gasteiger partial charge in [-0.3, -0.25) is 14.2 Å². The lowest BCUT2D eigenvalue weighted by Crippen LogP contribution is -2.27. The molecule has 0 aromatic carbocycles. The highest BCUT2D eigenvalue weighted by Gasteiger charge is 2.43. The van der Waals surface area contributed by atoms with Crippen LogP contribution in [-0.2, 0) is 18.0 Å². The summed E-state index contributed by atoms with van der Waals surface area (Å²) in [5, 5.41) is 18.5. The van der Waals surface area contributed by atoms with Crippen LogP contribution in [0.2, 0.25) is 5.02 Å². The first-order chi connectivity index (χ1) is 12.1. The van der Waals surface area contributed by atoms with E-state index in [2.05, 4.69) is 15.5 Å². The fourth-order valence-electron chi connectivity index (χ4n) is 2.63. The van der Waals surface area contributed by atoms with E-state index < -0.39 is 28.8 Å². The maximum absolute atomic E-state index is 13.1. The van der Waals surface area contributed by atoms with Crippen molar-refractivity contribution in [3.63, 3.8) is 0 Å². The molecule has 1 atom stereocenters. The second-order valence-electron chi connectivity index (χ2n) is 6.07. The average molecular weight is 387 g/mol. The number of rotatable bonds is 4. The Balaban J connectivity index is 1.94. The Bertz CT molecular complexity index is 906. The van der Waals surface area contributed by atoms with E-state index in [1.54, 1.807) is 0 Å². The standard InChI is InChI=1S/C15H14ClF3N6O/c1-7(14(26)22-13-9(5-20)6-21-24(13)2)25-11(8-3-4-8)10(16)12(23-25)15(17,18)19/h6-8H,3-4H2,1-2H3,(H,22,26). The molecule has 1 unspecified atom stereocenters. The van der Waals surface area contributed by atoms with Crippen LogP contribution in [0.4, 0.5) is 19.0 Å². The summed E-state index contributed by atoms with van der Waals surface area (Å²) in [5.74, 6) is -0.612. The van der Waals surface area contributed by atoms with E-state index in [9.17, 15) is 18.0 Å². The monoisotopic (exact) mass is 386 g/mol. The Hall–Kier alpha value is -2.54. The maximum atomic E-state index is 13.1. The van der Waals surface area contributed by atoms with E-state index >= 15 is 0 Å². The number of hydrogen-bond acceptors (Lipinski definition) is 4. The van der Waals surface area contributed by atoms with E-state index in [1.165, 1.54) is 24.9 Å². The number of hydrogen-bond donors (Lipinski definition) is 1. The number of halogens is 4. The molecule has 7 nitrogen and oxygen atoms in total. The molecule has 11 heteroatoms. The summed E-state index contributed by atoms with van der Waals surface area (Å²) in [4.78, 5) is 12.5. The molecule has 0 saturated heterocycles. The molecular weight excluding hydrogens is 373 g/mol. The Morgan fingerprint density at radius 3 is 2.69 bits per heavy atom. The summed E-state index contributed by atoms with van der Waals surface area (Å²) in [6.07, 6.45) is -2.05. The van der Waals surface area contributed by atoms with Gasteiger partial charge in [-0.2, -0.15) is 28.6 Å². The van der Waals surface area contributed by atoms with Crippen molar-refractivity contribution in [1.82, 2.24) is 19.6 Å². The molecule has 26 heavy (non-hydrogen) atoms. The number of aryl methyl sites for hydroxylation is 1. The van der Waals surface area contributed by atoms with Crippen LogP contribution in [0.25, 0.3) is 0 Å². The zero-order valence-corrected chi connectivity index (χ0v) is 14.6. The van der Waals surface area contributed by atoms with Crippen molar-refractivity contribution in [3.05, 3.63) is 28.2 Å². The highest BCUT2D eigenvalue weighted by molar-refractivity contribution is 6.32. The number of carbonyl (C=O) groups is 1. The summed E-state index contributed by atoms with van der Waals surface area (Å²) in [6.45, 7) is 1.42. The summed E-state index contributed by atoms with van der Waals surface area (Å²) >= 11 is 5.92. The van der Waals surface area contributed by atoms with Gasteiger partial charge in [0.1, 0.15) is 23.5 Å². The molecule has 0 bridgehead atoms. The number of alkyl halides is 3. The lowest BCUT2D eigenvalue weighted by atomic mass is 10.2. The number of aromatic nitrogens is 4. The third-order valence-electron chi connectivity index (χ3n) is 4.17. The van der Waals surface area contributed by atoms with Gasteiger partial charge in [-0.1, -0.05) is 11.6 Å². The Labute approximate surface area is 151 Å². The number of nitrogens with zero attached hydrogens (tertiary/aromatic N) is 5. The highest BCUT2D eigenvalue weighted by Crippen LogP contribution is 2.47. The van der Waals surface area contributed by atoms with Crippen LogP contribution in [0.3, 0.4) is 0 Å². The Morgan fingerprint density at radius 2 is 2.15 bits per heavy atom. The Morgan fingerprint density at radius 1 is 1.50 bits per heavy atom. The highest BCUT2D eigenvalue weighted by atomic mass is 35.5. The second kappa shape index (κ2) is 6.32. The van der Waals surface area contributed by atoms with Crippen molar-refractivity contribution in [2.75, 3.05) is 5.32 Å². The quantitative estimate of drug-likeness (QED) is 0.873. The predicted molar refractivity (Wildman–Crippen MR) is 85.5 cm³/mol. The minimum atomic E-state index is -4.71. The van der Waals surface area contributed by atoms with E-state index in [0.29, 0.717) is 12.8 Å². The summed E-state index contributed by atoms with van der Waals surface area (Å²) < 4.78 is 41.7. The average Bonchev–Trinajstić information content (AvgIpc) is 3.25. The molecule has 1 aliphatic rings. The SMILES string of the molecule is CC(C(=O)Nc1c(C#N)cnn1C)n1nc(C(F)(F)F)c(Cl)c1C1CC1. The third kappa shape index (κ3) is 3.14. The molecular formula is C15H14ClF3N6O. The van der Waals surface area contributed by atoms with E-state index in [0.717, 1.165) is 4.68 Å². The smallest absolute Gasteiger partial charge is 0.308 e. The van der Waals surface area contributed by atoms with E-state index in [4.69, 9.17) is 16.9 Å². The van der Waals surface area contributed by atoms with Crippen LogP contribution in [0.15, 0.2) is 6.20 Å². The van der Waals surface area contributed by atoms with Gasteiger partial charge in [-0.05, 0) is 19.8 Å². The molecule has 138 valence electrons. The fourth-order valence-corrected chi connectivity index (χ4v) is 3.01. The zero-order valence-electron chi connectivity index (χ0n) is 13.8. The van der Waals surface area contributed by atoms with Crippen molar-refractivity contribution >= 4 is 23.3 Å². The third-order valence-corrected chi connectivity index (χ3v) is 4.54. The lowest BCUT2D eigenvalue weighted by molar-refractivity contribution is -0.141. The maximum Gasteiger partial charge on any atom is 0.436 e. The van der Waals surface area contributed by atoms with Crippen LogP contribution in [0, 0.1) is 11.3 Å². The Kier molecular flexibility index (Phi) is 4.44. The molecule has 0 radical (unpaired) electrons. The lowest BCUT2D eigenvalue weighted by Gasteiger charge is -2.16. The number of carbonyl (C=O) groups excluding carboxylic acids is 1. The van der Waals surface area contributed by atoms with Gasteiger partial charge in [-0.25, -0.2) is 0 Å². The molecule has 1 saturated carbocycles. The van der Waals surface area contributed by atoms with Gasteiger partial charge >= 0.3 is 6.18 Å². The van der Waals surface area contributed by atoms with Crippen LogP contribution < -0.4 is 5.32 Å². The molecule has 1 amide bonds. The van der Waals surface area contributed by atoms with Crippen molar-refractivity contribution < 1.29 is 18.0 Å². The molecule has 0 spiro atoms. The van der Waals surface area contributed by atoms with Crippen molar-refractivity contribution in [2.24, 2.45) is 7.05 Å². The van der Waals surface area contributed by atoms with Gasteiger partial charge in [-0.15, -0.1) is 0 Å². The molecule has 3 rings (SSSR count). The van der Waals surface area contributed by atoms with Gasteiger partial charge in [0.2, 0.25) is 5.91 Å². The zero-order chi connectivity index (χ0) is 19.2. The second-order valence-corrected chi connectivity index (χ2v) is 6.45. The summed E-state index contributed by atoms with van der Waals surface area (Å²) in [5.41, 5.74) is -0.837. The van der Waals surface area contributed by atoms with Gasteiger partial charge < -0.3 is 5.32 Å². The van der Waals surface area contributed by atoms with Gasteiger partial charge in [0.25, 0.3) is 0 Å².